The predicted molar refractivity (Wildman–Crippen MR) is 169 cm³/mol. The standard InChI is InChI=1S/C36H43N2S/c1-4-23-38-33-19-12-11-18-32(33)36(27-30-14-7-5-8-15-30,28-31-16-9-6-10-17-31)34(38)20-13-21-35-37(25-26-39-35)24-22-29(2)3/h5-21,29H,4,22-28H2,1-3H3/q+1. The van der Waals surface area contributed by atoms with Gasteiger partial charge in [0.2, 0.25) is 5.69 Å². The average molecular weight is 536 g/mol. The van der Waals surface area contributed by atoms with Crippen molar-refractivity contribution >= 4 is 23.2 Å². The van der Waals surface area contributed by atoms with E-state index in [2.05, 4.69) is 133 Å². The predicted octanol–water partition coefficient (Wildman–Crippen LogP) is 8.41. The maximum atomic E-state index is 2.61. The van der Waals surface area contributed by atoms with Gasteiger partial charge in [0.1, 0.15) is 6.54 Å². The van der Waals surface area contributed by atoms with E-state index in [0.717, 1.165) is 44.8 Å². The third-order valence-electron chi connectivity index (χ3n) is 8.03. The van der Waals surface area contributed by atoms with Crippen molar-refractivity contribution in [2.75, 3.05) is 25.4 Å². The van der Waals surface area contributed by atoms with Gasteiger partial charge in [-0.2, -0.15) is 4.58 Å². The maximum absolute atomic E-state index is 2.61. The quantitative estimate of drug-likeness (QED) is 0.227. The Morgan fingerprint density at radius 1 is 0.897 bits per heavy atom. The average Bonchev–Trinajstić information content (AvgIpc) is 3.50. The van der Waals surface area contributed by atoms with E-state index < -0.39 is 0 Å². The number of fused-ring (bicyclic) bond motifs is 1. The first-order valence-corrected chi connectivity index (χ1v) is 15.7. The molecule has 2 nitrogen and oxygen atoms in total. The number of hydrogen-bond acceptors (Lipinski definition) is 2. The van der Waals surface area contributed by atoms with E-state index in [1.54, 1.807) is 0 Å². The van der Waals surface area contributed by atoms with E-state index in [-0.39, 0.29) is 5.41 Å². The molecule has 3 heteroatoms. The first-order chi connectivity index (χ1) is 19.1. The molecule has 202 valence electrons. The minimum Gasteiger partial charge on any atom is -0.366 e. The van der Waals surface area contributed by atoms with Crippen LogP contribution in [0.3, 0.4) is 0 Å². The number of allylic oxidation sites excluding steroid dienone is 3. The summed E-state index contributed by atoms with van der Waals surface area (Å²) in [5.74, 6) is 1.92. The van der Waals surface area contributed by atoms with Crippen LogP contribution in [0.5, 0.6) is 0 Å². The van der Waals surface area contributed by atoms with Crippen molar-refractivity contribution in [1.82, 2.24) is 4.90 Å². The Hall–Kier alpha value is -3.04. The molecule has 5 rings (SSSR count). The maximum Gasteiger partial charge on any atom is 0.209 e. The molecule has 2 heterocycles. The van der Waals surface area contributed by atoms with Crippen molar-refractivity contribution < 1.29 is 4.58 Å². The van der Waals surface area contributed by atoms with E-state index in [1.807, 2.05) is 11.8 Å². The molecule has 0 unspecified atom stereocenters. The highest BCUT2D eigenvalue weighted by Gasteiger charge is 2.50. The molecular weight excluding hydrogens is 492 g/mol. The van der Waals surface area contributed by atoms with E-state index >= 15 is 0 Å². The van der Waals surface area contributed by atoms with Crippen molar-refractivity contribution in [3.8, 4) is 0 Å². The number of rotatable bonds is 11. The van der Waals surface area contributed by atoms with Gasteiger partial charge in [0.05, 0.1) is 10.4 Å². The topological polar surface area (TPSA) is 6.25 Å². The molecule has 0 atom stereocenters. The summed E-state index contributed by atoms with van der Waals surface area (Å²) in [6, 6.07) is 31.3. The van der Waals surface area contributed by atoms with Gasteiger partial charge in [-0.05, 0) is 42.4 Å². The Labute approximate surface area is 240 Å². The van der Waals surface area contributed by atoms with Crippen molar-refractivity contribution in [2.24, 2.45) is 5.92 Å². The SMILES string of the molecule is CCC[N+]1=C(/C=C/C=C2\SCCN2CCC(C)C)C(Cc2ccccc2)(Cc2ccccc2)c2ccccc21. The molecule has 1 saturated heterocycles. The van der Waals surface area contributed by atoms with E-state index in [9.17, 15) is 0 Å². The highest BCUT2D eigenvalue weighted by Crippen LogP contribution is 2.45. The smallest absolute Gasteiger partial charge is 0.209 e. The molecule has 2 aliphatic heterocycles. The monoisotopic (exact) mass is 535 g/mol. The molecule has 0 radical (unpaired) electrons. The summed E-state index contributed by atoms with van der Waals surface area (Å²) < 4.78 is 2.61. The number of hydrogen-bond donors (Lipinski definition) is 0. The molecule has 1 fully saturated rings. The van der Waals surface area contributed by atoms with Gasteiger partial charge in [0.25, 0.3) is 0 Å². The summed E-state index contributed by atoms with van der Waals surface area (Å²) in [4.78, 5) is 2.58. The zero-order valence-corrected chi connectivity index (χ0v) is 24.7. The van der Waals surface area contributed by atoms with E-state index in [4.69, 9.17) is 0 Å². The second kappa shape index (κ2) is 12.9. The number of nitrogens with zero attached hydrogens (tertiary/aromatic N) is 2. The Balaban J connectivity index is 1.60. The lowest BCUT2D eigenvalue weighted by Gasteiger charge is -2.28. The zero-order chi connectivity index (χ0) is 27.1. The first kappa shape index (κ1) is 27.5. The van der Waals surface area contributed by atoms with Gasteiger partial charge in [-0.15, -0.1) is 11.8 Å². The third kappa shape index (κ3) is 6.25. The normalized spacial score (nSPS) is 17.6. The lowest BCUT2D eigenvalue weighted by Crippen LogP contribution is -2.39. The molecule has 3 aromatic rings. The summed E-state index contributed by atoms with van der Waals surface area (Å²) in [7, 11) is 0. The van der Waals surface area contributed by atoms with Gasteiger partial charge in [-0.25, -0.2) is 0 Å². The second-order valence-electron chi connectivity index (χ2n) is 11.3. The van der Waals surface area contributed by atoms with Crippen LogP contribution >= 0.6 is 11.8 Å². The minimum atomic E-state index is -0.135. The number of benzene rings is 3. The Morgan fingerprint density at radius 2 is 1.54 bits per heavy atom. The van der Waals surface area contributed by atoms with E-state index in [0.29, 0.717) is 0 Å². The van der Waals surface area contributed by atoms with Crippen molar-refractivity contribution in [3.63, 3.8) is 0 Å². The fraction of sp³-hybridized carbons (Fsp3) is 0.361. The summed E-state index contributed by atoms with van der Waals surface area (Å²) >= 11 is 2.00. The first-order valence-electron chi connectivity index (χ1n) is 14.7. The molecule has 0 bridgehead atoms. The van der Waals surface area contributed by atoms with Crippen LogP contribution in [0.4, 0.5) is 5.69 Å². The van der Waals surface area contributed by atoms with Crippen molar-refractivity contribution in [2.45, 2.75) is 51.9 Å². The molecular formula is C36H43N2S+. The highest BCUT2D eigenvalue weighted by atomic mass is 32.2. The molecule has 0 spiro atoms. The van der Waals surface area contributed by atoms with Crippen molar-refractivity contribution in [1.29, 1.82) is 0 Å². The van der Waals surface area contributed by atoms with E-state index in [1.165, 1.54) is 45.3 Å². The summed E-state index contributed by atoms with van der Waals surface area (Å²) in [5.41, 5.74) is 6.88. The molecule has 0 aromatic heterocycles. The number of para-hydroxylation sites is 1. The molecule has 0 saturated carbocycles. The second-order valence-corrected chi connectivity index (χ2v) is 12.5. The summed E-state index contributed by atoms with van der Waals surface area (Å²) in [6.07, 6.45) is 11.5. The fourth-order valence-corrected chi connectivity index (χ4v) is 7.21. The minimum absolute atomic E-state index is 0.135. The zero-order valence-electron chi connectivity index (χ0n) is 23.9. The van der Waals surface area contributed by atoms with Crippen molar-refractivity contribution in [3.05, 3.63) is 125 Å². The Kier molecular flexibility index (Phi) is 9.09. The molecule has 39 heavy (non-hydrogen) atoms. The molecule has 0 N–H and O–H groups in total. The molecule has 0 aliphatic carbocycles. The molecule has 2 aliphatic rings. The Bertz CT molecular complexity index is 1280. The Morgan fingerprint density at radius 3 is 2.18 bits per heavy atom. The third-order valence-corrected chi connectivity index (χ3v) is 9.11. The summed E-state index contributed by atoms with van der Waals surface area (Å²) in [6.45, 7) is 10.3. The number of thioether (sulfide) groups is 1. The molecule has 0 amide bonds. The summed E-state index contributed by atoms with van der Waals surface area (Å²) in [5, 5.41) is 1.42. The van der Waals surface area contributed by atoms with Crippen LogP contribution in [-0.2, 0) is 18.3 Å². The van der Waals surface area contributed by atoms with Crippen LogP contribution < -0.4 is 0 Å². The van der Waals surface area contributed by atoms with Crippen LogP contribution in [0.1, 0.15) is 50.3 Å². The van der Waals surface area contributed by atoms with Crippen LogP contribution in [0.15, 0.2) is 108 Å². The van der Waals surface area contributed by atoms with Crippen LogP contribution in [0.2, 0.25) is 0 Å². The van der Waals surface area contributed by atoms with Gasteiger partial charge >= 0.3 is 0 Å². The van der Waals surface area contributed by atoms with Crippen LogP contribution in [0.25, 0.3) is 0 Å². The lowest BCUT2D eigenvalue weighted by atomic mass is 9.69. The highest BCUT2D eigenvalue weighted by molar-refractivity contribution is 8.03. The van der Waals surface area contributed by atoms with Crippen LogP contribution in [-0.4, -0.2) is 40.6 Å². The van der Waals surface area contributed by atoms with Crippen LogP contribution in [0, 0.1) is 5.92 Å². The van der Waals surface area contributed by atoms with Gasteiger partial charge in [-0.3, -0.25) is 0 Å². The molecule has 3 aromatic carbocycles. The largest absolute Gasteiger partial charge is 0.366 e. The van der Waals surface area contributed by atoms with Gasteiger partial charge < -0.3 is 4.90 Å². The van der Waals surface area contributed by atoms with Gasteiger partial charge in [-0.1, -0.05) is 106 Å². The fourth-order valence-electron chi connectivity index (χ4n) is 6.15. The van der Waals surface area contributed by atoms with Gasteiger partial charge in [0, 0.05) is 43.0 Å². The lowest BCUT2D eigenvalue weighted by molar-refractivity contribution is -0.437. The van der Waals surface area contributed by atoms with Gasteiger partial charge in [0.15, 0.2) is 5.71 Å².